The summed E-state index contributed by atoms with van der Waals surface area (Å²) >= 11 is 1.71. The highest BCUT2D eigenvalue weighted by molar-refractivity contribution is 7.09. The number of nitrogens with zero attached hydrogens (tertiary/aromatic N) is 4. The van der Waals surface area contributed by atoms with Gasteiger partial charge in [0.25, 0.3) is 5.91 Å². The highest BCUT2D eigenvalue weighted by Crippen LogP contribution is 2.33. The predicted molar refractivity (Wildman–Crippen MR) is 94.2 cm³/mol. The molecule has 4 rings (SSSR count). The lowest BCUT2D eigenvalue weighted by Gasteiger charge is -2.35. The Balaban J connectivity index is 1.35. The van der Waals surface area contributed by atoms with Gasteiger partial charge in [0.2, 0.25) is 0 Å². The van der Waals surface area contributed by atoms with Crippen molar-refractivity contribution in [1.29, 1.82) is 0 Å². The van der Waals surface area contributed by atoms with Crippen molar-refractivity contribution in [3.63, 3.8) is 0 Å². The van der Waals surface area contributed by atoms with Gasteiger partial charge in [0.05, 0.1) is 23.5 Å². The van der Waals surface area contributed by atoms with E-state index in [-0.39, 0.29) is 12.0 Å². The molecule has 7 nitrogen and oxygen atoms in total. The molecule has 2 aromatic rings. The molecule has 0 spiro atoms. The molecule has 0 bridgehead atoms. The molecule has 2 aliphatic rings. The maximum Gasteiger partial charge on any atom is 0.254 e. The number of carbonyl (C=O) groups is 1. The van der Waals surface area contributed by atoms with Crippen molar-refractivity contribution >= 4 is 23.1 Å². The molecule has 1 N–H and O–H groups in total. The number of ether oxygens (including phenoxy) is 1. The van der Waals surface area contributed by atoms with E-state index in [1.807, 2.05) is 5.51 Å². The smallest absolute Gasteiger partial charge is 0.254 e. The van der Waals surface area contributed by atoms with Crippen molar-refractivity contribution in [2.75, 3.05) is 11.9 Å². The lowest BCUT2D eigenvalue weighted by molar-refractivity contribution is -0.138. The predicted octanol–water partition coefficient (Wildman–Crippen LogP) is 2.00. The van der Waals surface area contributed by atoms with E-state index in [1.54, 1.807) is 23.7 Å². The molecule has 2 fully saturated rings. The summed E-state index contributed by atoms with van der Waals surface area (Å²) in [5.74, 6) is 0.336. The van der Waals surface area contributed by atoms with Gasteiger partial charge >= 0.3 is 0 Å². The van der Waals surface area contributed by atoms with E-state index >= 15 is 0 Å². The zero-order valence-corrected chi connectivity index (χ0v) is 14.9. The summed E-state index contributed by atoms with van der Waals surface area (Å²) in [6.45, 7) is 3.99. The van der Waals surface area contributed by atoms with Gasteiger partial charge in [-0.15, -0.1) is 11.3 Å². The number of amides is 1. The first-order valence-corrected chi connectivity index (χ1v) is 9.44. The van der Waals surface area contributed by atoms with Crippen molar-refractivity contribution in [3.05, 3.63) is 34.7 Å². The zero-order valence-electron chi connectivity index (χ0n) is 14.1. The average molecular weight is 359 g/mol. The molecule has 1 amide bonds. The number of hydrogen-bond acceptors (Lipinski definition) is 7. The van der Waals surface area contributed by atoms with Crippen LogP contribution >= 0.6 is 11.3 Å². The topological polar surface area (TPSA) is 80.2 Å². The molecule has 4 heterocycles. The molecular formula is C17H21N5O2S. The van der Waals surface area contributed by atoms with Gasteiger partial charge in [0, 0.05) is 36.4 Å². The van der Waals surface area contributed by atoms with Crippen molar-refractivity contribution in [2.24, 2.45) is 0 Å². The number of fused-ring (bicyclic) bond motifs is 1. The summed E-state index contributed by atoms with van der Waals surface area (Å²) in [4.78, 5) is 28.6. The monoisotopic (exact) mass is 359 g/mol. The van der Waals surface area contributed by atoms with Gasteiger partial charge in [0.15, 0.2) is 5.82 Å². The molecule has 3 atom stereocenters. The van der Waals surface area contributed by atoms with E-state index in [4.69, 9.17) is 4.74 Å². The minimum absolute atomic E-state index is 0.125. The second-order valence-electron chi connectivity index (χ2n) is 6.51. The van der Waals surface area contributed by atoms with Gasteiger partial charge in [-0.2, -0.15) is 0 Å². The number of carbonyl (C=O) groups excluding carboxylic acids is 1. The Kier molecular flexibility index (Phi) is 4.74. The van der Waals surface area contributed by atoms with Gasteiger partial charge in [-0.1, -0.05) is 0 Å². The molecule has 25 heavy (non-hydrogen) atoms. The number of anilines is 1. The third kappa shape index (κ3) is 3.56. The van der Waals surface area contributed by atoms with E-state index in [2.05, 4.69) is 32.1 Å². The van der Waals surface area contributed by atoms with Crippen LogP contribution in [0, 0.1) is 6.92 Å². The number of aromatic nitrogens is 3. The highest BCUT2D eigenvalue weighted by Gasteiger charge is 2.41. The third-order valence-electron chi connectivity index (χ3n) is 4.96. The Morgan fingerprint density at radius 3 is 3.04 bits per heavy atom. The Hall–Kier alpha value is -1.90. The molecule has 0 unspecified atom stereocenters. The van der Waals surface area contributed by atoms with Crippen LogP contribution in [0.25, 0.3) is 0 Å². The highest BCUT2D eigenvalue weighted by atomic mass is 32.1. The lowest BCUT2D eigenvalue weighted by Crippen LogP contribution is -2.46. The minimum Gasteiger partial charge on any atom is -0.363 e. The first-order valence-electron chi connectivity index (χ1n) is 8.56. The SMILES string of the molecule is Cc1ncsc1CN1CC[C@H]2O[C@H](C(=O)Nc3cnccn3)CC[C@H]21. The van der Waals surface area contributed by atoms with Crippen molar-refractivity contribution in [3.8, 4) is 0 Å². The third-order valence-corrected chi connectivity index (χ3v) is 5.88. The summed E-state index contributed by atoms with van der Waals surface area (Å²) in [5, 5.41) is 2.79. The van der Waals surface area contributed by atoms with Crippen LogP contribution in [-0.2, 0) is 16.1 Å². The molecule has 0 aromatic carbocycles. The summed E-state index contributed by atoms with van der Waals surface area (Å²) in [6.07, 6.45) is 7.06. The minimum atomic E-state index is -0.409. The number of nitrogens with one attached hydrogen (secondary N) is 1. The van der Waals surface area contributed by atoms with Crippen molar-refractivity contribution < 1.29 is 9.53 Å². The fourth-order valence-electron chi connectivity index (χ4n) is 3.64. The Labute approximate surface area is 150 Å². The van der Waals surface area contributed by atoms with Crippen molar-refractivity contribution in [2.45, 2.75) is 51.0 Å². The lowest BCUT2D eigenvalue weighted by atomic mass is 9.98. The van der Waals surface area contributed by atoms with E-state index in [0.29, 0.717) is 11.9 Å². The largest absolute Gasteiger partial charge is 0.363 e. The Morgan fingerprint density at radius 1 is 1.36 bits per heavy atom. The number of thiazole rings is 1. The molecule has 2 aromatic heterocycles. The van der Waals surface area contributed by atoms with Gasteiger partial charge in [-0.05, 0) is 26.2 Å². The van der Waals surface area contributed by atoms with Crippen LogP contribution in [0.1, 0.15) is 29.8 Å². The molecule has 2 saturated heterocycles. The quantitative estimate of drug-likeness (QED) is 0.899. The second-order valence-corrected chi connectivity index (χ2v) is 7.45. The maximum absolute atomic E-state index is 12.4. The van der Waals surface area contributed by atoms with E-state index in [0.717, 1.165) is 38.0 Å². The van der Waals surface area contributed by atoms with E-state index in [1.165, 1.54) is 11.1 Å². The summed E-state index contributed by atoms with van der Waals surface area (Å²) in [6, 6.07) is 0.391. The average Bonchev–Trinajstić information content (AvgIpc) is 3.22. The first-order chi connectivity index (χ1) is 12.2. The summed E-state index contributed by atoms with van der Waals surface area (Å²) < 4.78 is 6.11. The second kappa shape index (κ2) is 7.15. The molecule has 132 valence electrons. The molecule has 0 saturated carbocycles. The van der Waals surface area contributed by atoms with E-state index < -0.39 is 6.10 Å². The van der Waals surface area contributed by atoms with Gasteiger partial charge in [-0.3, -0.25) is 14.7 Å². The zero-order chi connectivity index (χ0) is 17.2. The van der Waals surface area contributed by atoms with E-state index in [9.17, 15) is 4.79 Å². The number of rotatable bonds is 4. The number of likely N-dealkylation sites (tertiary alicyclic amines) is 1. The van der Waals surface area contributed by atoms with Crippen LogP contribution in [0.3, 0.4) is 0 Å². The fraction of sp³-hybridized carbons (Fsp3) is 0.529. The molecule has 8 heteroatoms. The number of aryl methyl sites for hydroxylation is 1. The van der Waals surface area contributed by atoms with Crippen LogP contribution in [0.5, 0.6) is 0 Å². The molecule has 0 radical (unpaired) electrons. The molecule has 2 aliphatic heterocycles. The van der Waals surface area contributed by atoms with Gasteiger partial charge < -0.3 is 10.1 Å². The first kappa shape index (κ1) is 16.6. The number of hydrogen-bond donors (Lipinski definition) is 1. The van der Waals surface area contributed by atoms with Crippen LogP contribution in [0.2, 0.25) is 0 Å². The molecule has 0 aliphatic carbocycles. The van der Waals surface area contributed by atoms with Crippen LogP contribution in [0.4, 0.5) is 5.82 Å². The Morgan fingerprint density at radius 2 is 2.28 bits per heavy atom. The summed E-state index contributed by atoms with van der Waals surface area (Å²) in [5.41, 5.74) is 3.02. The standard InChI is InChI=1S/C17H21N5O2S/c1-11-15(25-10-20-11)9-22-7-4-13-12(22)2-3-14(24-13)17(23)21-16-8-18-5-6-19-16/h5-6,8,10,12-14H,2-4,7,9H2,1H3,(H,19,21,23)/t12-,13-,14+/m1/s1. The molecular weight excluding hydrogens is 338 g/mol. The normalized spacial score (nSPS) is 26.4. The van der Waals surface area contributed by atoms with Crippen LogP contribution in [-0.4, -0.2) is 50.6 Å². The maximum atomic E-state index is 12.4. The Bertz CT molecular complexity index is 738. The van der Waals surface area contributed by atoms with Crippen LogP contribution < -0.4 is 5.32 Å². The van der Waals surface area contributed by atoms with Gasteiger partial charge in [-0.25, -0.2) is 9.97 Å². The van der Waals surface area contributed by atoms with Crippen LogP contribution in [0.15, 0.2) is 24.1 Å². The van der Waals surface area contributed by atoms with Gasteiger partial charge in [0.1, 0.15) is 6.10 Å². The fourth-order valence-corrected chi connectivity index (χ4v) is 4.44. The summed E-state index contributed by atoms with van der Waals surface area (Å²) in [7, 11) is 0. The van der Waals surface area contributed by atoms with Crippen molar-refractivity contribution in [1.82, 2.24) is 19.9 Å².